The summed E-state index contributed by atoms with van der Waals surface area (Å²) in [5, 5.41) is 11.4. The molecular formula is C8H8N2O2S. The first kappa shape index (κ1) is 9.47. The SMILES string of the molecule is NC(=S)Nc1cccc(C(=O)O)c1. The number of nitrogens with two attached hydrogens (primary N) is 1. The first-order valence-electron chi connectivity index (χ1n) is 3.49. The Morgan fingerprint density at radius 2 is 2.23 bits per heavy atom. The van der Waals surface area contributed by atoms with Crippen LogP contribution in [0.25, 0.3) is 0 Å². The number of thiocarbonyl (C=S) groups is 1. The summed E-state index contributed by atoms with van der Waals surface area (Å²) >= 11 is 4.61. The van der Waals surface area contributed by atoms with E-state index in [1.54, 1.807) is 12.1 Å². The molecule has 0 unspecified atom stereocenters. The summed E-state index contributed by atoms with van der Waals surface area (Å²) in [6.45, 7) is 0. The van der Waals surface area contributed by atoms with Gasteiger partial charge in [0, 0.05) is 5.69 Å². The van der Waals surface area contributed by atoms with Gasteiger partial charge in [-0.05, 0) is 30.4 Å². The monoisotopic (exact) mass is 196 g/mol. The van der Waals surface area contributed by atoms with Crippen LogP contribution < -0.4 is 11.1 Å². The topological polar surface area (TPSA) is 75.3 Å². The lowest BCUT2D eigenvalue weighted by atomic mass is 10.2. The van der Waals surface area contributed by atoms with E-state index in [1.165, 1.54) is 12.1 Å². The quantitative estimate of drug-likeness (QED) is 0.616. The van der Waals surface area contributed by atoms with Crippen LogP contribution in [0.1, 0.15) is 10.4 Å². The van der Waals surface area contributed by atoms with E-state index in [4.69, 9.17) is 10.8 Å². The third-order valence-electron chi connectivity index (χ3n) is 1.38. The Hall–Kier alpha value is -1.62. The third kappa shape index (κ3) is 2.72. The van der Waals surface area contributed by atoms with Crippen LogP contribution in [0.15, 0.2) is 24.3 Å². The Morgan fingerprint density at radius 3 is 2.77 bits per heavy atom. The van der Waals surface area contributed by atoms with Crippen molar-refractivity contribution in [2.45, 2.75) is 0 Å². The summed E-state index contributed by atoms with van der Waals surface area (Å²) in [6, 6.07) is 6.25. The maximum atomic E-state index is 10.5. The molecule has 0 amide bonds. The molecule has 1 rings (SSSR count). The zero-order valence-electron chi connectivity index (χ0n) is 6.65. The Balaban J connectivity index is 2.91. The fourth-order valence-electron chi connectivity index (χ4n) is 0.872. The van der Waals surface area contributed by atoms with E-state index < -0.39 is 5.97 Å². The third-order valence-corrected chi connectivity index (χ3v) is 1.48. The van der Waals surface area contributed by atoms with E-state index in [-0.39, 0.29) is 10.7 Å². The molecule has 4 nitrogen and oxygen atoms in total. The minimum atomic E-state index is -0.980. The Labute approximate surface area is 80.4 Å². The Kier molecular flexibility index (Phi) is 2.81. The Bertz CT molecular complexity index is 352. The van der Waals surface area contributed by atoms with Gasteiger partial charge < -0.3 is 16.2 Å². The van der Waals surface area contributed by atoms with Gasteiger partial charge in [0.15, 0.2) is 5.11 Å². The number of aromatic carboxylic acids is 1. The molecule has 5 heteroatoms. The second kappa shape index (κ2) is 3.86. The van der Waals surface area contributed by atoms with Gasteiger partial charge in [-0.15, -0.1) is 0 Å². The first-order chi connectivity index (χ1) is 6.09. The Morgan fingerprint density at radius 1 is 1.54 bits per heavy atom. The van der Waals surface area contributed by atoms with Crippen molar-refractivity contribution in [3.05, 3.63) is 29.8 Å². The fraction of sp³-hybridized carbons (Fsp3) is 0. The van der Waals surface area contributed by atoms with Crippen LogP contribution in [-0.4, -0.2) is 16.2 Å². The van der Waals surface area contributed by atoms with Crippen molar-refractivity contribution < 1.29 is 9.90 Å². The normalized spacial score (nSPS) is 9.23. The summed E-state index contributed by atoms with van der Waals surface area (Å²) < 4.78 is 0. The molecule has 1 aromatic rings. The van der Waals surface area contributed by atoms with E-state index in [9.17, 15) is 4.79 Å². The summed E-state index contributed by atoms with van der Waals surface area (Å²) in [6.07, 6.45) is 0. The van der Waals surface area contributed by atoms with Crippen molar-refractivity contribution >= 4 is 29.0 Å². The predicted octanol–water partition coefficient (Wildman–Crippen LogP) is 1.04. The van der Waals surface area contributed by atoms with Gasteiger partial charge >= 0.3 is 5.97 Å². The van der Waals surface area contributed by atoms with Gasteiger partial charge in [-0.3, -0.25) is 0 Å². The highest BCUT2D eigenvalue weighted by atomic mass is 32.1. The van der Waals surface area contributed by atoms with Crippen LogP contribution in [0.4, 0.5) is 5.69 Å². The number of carboxylic acids is 1. The lowest BCUT2D eigenvalue weighted by Gasteiger charge is -2.03. The molecule has 1 aromatic carbocycles. The van der Waals surface area contributed by atoms with Gasteiger partial charge in [0.05, 0.1) is 5.56 Å². The number of anilines is 1. The molecule has 13 heavy (non-hydrogen) atoms. The van der Waals surface area contributed by atoms with Gasteiger partial charge in [-0.25, -0.2) is 4.79 Å². The number of nitrogens with one attached hydrogen (secondary N) is 1. The molecule has 0 atom stereocenters. The number of carbonyl (C=O) groups is 1. The predicted molar refractivity (Wildman–Crippen MR) is 53.8 cm³/mol. The van der Waals surface area contributed by atoms with E-state index >= 15 is 0 Å². The largest absolute Gasteiger partial charge is 0.478 e. The van der Waals surface area contributed by atoms with Crippen LogP contribution >= 0.6 is 12.2 Å². The second-order valence-corrected chi connectivity index (χ2v) is 2.82. The molecule has 0 saturated carbocycles. The number of benzene rings is 1. The maximum Gasteiger partial charge on any atom is 0.335 e. The van der Waals surface area contributed by atoms with Gasteiger partial charge in [-0.1, -0.05) is 6.07 Å². The number of hydrogen-bond acceptors (Lipinski definition) is 2. The molecular weight excluding hydrogens is 188 g/mol. The number of rotatable bonds is 2. The van der Waals surface area contributed by atoms with Crippen molar-refractivity contribution in [1.29, 1.82) is 0 Å². The van der Waals surface area contributed by atoms with Crippen LogP contribution in [0, 0.1) is 0 Å². The summed E-state index contributed by atoms with van der Waals surface area (Å²) in [5.41, 5.74) is 6.00. The standard InChI is InChI=1S/C8H8N2O2S/c9-8(13)10-6-3-1-2-5(4-6)7(11)12/h1-4H,(H,11,12)(H3,9,10,13). The molecule has 0 aliphatic heterocycles. The van der Waals surface area contributed by atoms with Crippen LogP contribution in [0.2, 0.25) is 0 Å². The van der Waals surface area contributed by atoms with Crippen molar-refractivity contribution in [3.8, 4) is 0 Å². The average Bonchev–Trinajstić information content (AvgIpc) is 2.03. The zero-order valence-corrected chi connectivity index (χ0v) is 7.47. The summed E-state index contributed by atoms with van der Waals surface area (Å²) in [7, 11) is 0. The first-order valence-corrected chi connectivity index (χ1v) is 3.90. The van der Waals surface area contributed by atoms with Crippen LogP contribution in [0.3, 0.4) is 0 Å². The molecule has 0 spiro atoms. The molecule has 0 heterocycles. The molecule has 0 aliphatic carbocycles. The molecule has 0 fully saturated rings. The fourth-order valence-corrected chi connectivity index (χ4v) is 0.990. The zero-order chi connectivity index (χ0) is 9.84. The molecule has 68 valence electrons. The van der Waals surface area contributed by atoms with Crippen molar-refractivity contribution in [3.63, 3.8) is 0 Å². The second-order valence-electron chi connectivity index (χ2n) is 2.38. The van der Waals surface area contributed by atoms with Gasteiger partial charge in [0.2, 0.25) is 0 Å². The summed E-state index contributed by atoms with van der Waals surface area (Å²) in [4.78, 5) is 10.5. The summed E-state index contributed by atoms with van der Waals surface area (Å²) in [5.74, 6) is -0.980. The van der Waals surface area contributed by atoms with Crippen LogP contribution in [-0.2, 0) is 0 Å². The van der Waals surface area contributed by atoms with E-state index in [1.807, 2.05) is 0 Å². The molecule has 4 N–H and O–H groups in total. The van der Waals surface area contributed by atoms with E-state index in [0.29, 0.717) is 5.69 Å². The van der Waals surface area contributed by atoms with Crippen molar-refractivity contribution in [2.75, 3.05) is 5.32 Å². The highest BCUT2D eigenvalue weighted by Crippen LogP contribution is 2.09. The van der Waals surface area contributed by atoms with E-state index in [0.717, 1.165) is 0 Å². The van der Waals surface area contributed by atoms with Gasteiger partial charge in [0.25, 0.3) is 0 Å². The van der Waals surface area contributed by atoms with E-state index in [2.05, 4.69) is 17.5 Å². The van der Waals surface area contributed by atoms with Crippen molar-refractivity contribution in [2.24, 2.45) is 5.73 Å². The molecule has 0 aliphatic rings. The van der Waals surface area contributed by atoms with Gasteiger partial charge in [0.1, 0.15) is 0 Å². The molecule has 0 aromatic heterocycles. The highest BCUT2D eigenvalue weighted by molar-refractivity contribution is 7.80. The van der Waals surface area contributed by atoms with Gasteiger partial charge in [-0.2, -0.15) is 0 Å². The molecule has 0 radical (unpaired) electrons. The molecule has 0 saturated heterocycles. The number of carboxylic acid groups (broad SMARTS) is 1. The van der Waals surface area contributed by atoms with Crippen LogP contribution in [0.5, 0.6) is 0 Å². The highest BCUT2D eigenvalue weighted by Gasteiger charge is 2.02. The lowest BCUT2D eigenvalue weighted by Crippen LogP contribution is -2.19. The average molecular weight is 196 g/mol. The smallest absolute Gasteiger partial charge is 0.335 e. The minimum absolute atomic E-state index is 0.113. The maximum absolute atomic E-state index is 10.5. The van der Waals surface area contributed by atoms with Crippen molar-refractivity contribution in [1.82, 2.24) is 0 Å². The minimum Gasteiger partial charge on any atom is -0.478 e. The lowest BCUT2D eigenvalue weighted by molar-refractivity contribution is 0.0697. The number of hydrogen-bond donors (Lipinski definition) is 3. The molecule has 0 bridgehead atoms.